The quantitative estimate of drug-likeness (QED) is 0.933. The zero-order valence-electron chi connectivity index (χ0n) is 11.6. The molecule has 1 aliphatic carbocycles. The van der Waals surface area contributed by atoms with E-state index in [0.29, 0.717) is 11.7 Å². The molecule has 0 radical (unpaired) electrons. The maximum absolute atomic E-state index is 12.2. The van der Waals surface area contributed by atoms with Crippen molar-refractivity contribution in [1.29, 1.82) is 0 Å². The average Bonchev–Trinajstić information content (AvgIpc) is 2.99. The molecule has 4 nitrogen and oxygen atoms in total. The summed E-state index contributed by atoms with van der Waals surface area (Å²) in [5, 5.41) is 4.03. The molecule has 20 heavy (non-hydrogen) atoms. The van der Waals surface area contributed by atoms with Gasteiger partial charge in [0, 0.05) is 11.4 Å². The third kappa shape index (κ3) is 2.59. The van der Waals surface area contributed by atoms with Gasteiger partial charge in [0.05, 0.1) is 12.6 Å². The van der Waals surface area contributed by atoms with Crippen LogP contribution in [0.25, 0.3) is 10.9 Å². The minimum absolute atomic E-state index is 0.0744. The molecule has 1 aromatic carbocycles. The van der Waals surface area contributed by atoms with Gasteiger partial charge in [-0.2, -0.15) is 0 Å². The van der Waals surface area contributed by atoms with Gasteiger partial charge in [-0.15, -0.1) is 0 Å². The lowest BCUT2D eigenvalue weighted by molar-refractivity contribution is 0.0933. The number of fused-ring (bicyclic) bond motifs is 1. The van der Waals surface area contributed by atoms with Crippen molar-refractivity contribution < 1.29 is 9.53 Å². The zero-order valence-corrected chi connectivity index (χ0v) is 11.6. The Morgan fingerprint density at radius 3 is 2.80 bits per heavy atom. The molecule has 1 fully saturated rings. The fraction of sp³-hybridized carbons (Fsp3) is 0.375. The number of nitrogens with one attached hydrogen (secondary N) is 1. The maximum Gasteiger partial charge on any atom is 0.270 e. The van der Waals surface area contributed by atoms with E-state index in [4.69, 9.17) is 4.74 Å². The Balaban J connectivity index is 1.82. The van der Waals surface area contributed by atoms with E-state index in [0.717, 1.165) is 29.5 Å². The first-order valence-corrected chi connectivity index (χ1v) is 7.02. The van der Waals surface area contributed by atoms with Crippen LogP contribution in [0, 0.1) is 0 Å². The monoisotopic (exact) mass is 270 g/mol. The summed E-state index contributed by atoms with van der Waals surface area (Å²) in [4.78, 5) is 16.6. The molecule has 1 aromatic heterocycles. The second-order valence-corrected chi connectivity index (χ2v) is 5.21. The van der Waals surface area contributed by atoms with Crippen molar-refractivity contribution in [2.75, 3.05) is 7.11 Å². The van der Waals surface area contributed by atoms with Crippen LogP contribution >= 0.6 is 0 Å². The predicted molar refractivity (Wildman–Crippen MR) is 78.0 cm³/mol. The molecular weight excluding hydrogens is 252 g/mol. The molecular formula is C16H18N2O2. The lowest BCUT2D eigenvalue weighted by Gasteiger charge is -2.11. The summed E-state index contributed by atoms with van der Waals surface area (Å²) in [5.41, 5.74) is 1.29. The fourth-order valence-corrected chi connectivity index (χ4v) is 2.69. The number of carbonyl (C=O) groups excluding carboxylic acids is 1. The Bertz CT molecular complexity index is 633. The highest BCUT2D eigenvalue weighted by Gasteiger charge is 2.18. The van der Waals surface area contributed by atoms with Crippen molar-refractivity contribution in [2.24, 2.45) is 0 Å². The van der Waals surface area contributed by atoms with Gasteiger partial charge in [0.2, 0.25) is 0 Å². The number of hydrogen-bond donors (Lipinski definition) is 1. The third-order valence-corrected chi connectivity index (χ3v) is 3.82. The standard InChI is InChI=1S/C16H18N2O2/c1-20-13-7-9-14-11(10-13)6-8-15(18-14)16(19)17-12-4-2-3-5-12/h6-10,12H,2-5H2,1H3,(H,17,19). The Hall–Kier alpha value is -2.10. The van der Waals surface area contributed by atoms with Gasteiger partial charge in [0.15, 0.2) is 0 Å². The number of carbonyl (C=O) groups is 1. The third-order valence-electron chi connectivity index (χ3n) is 3.82. The first-order valence-electron chi connectivity index (χ1n) is 7.02. The number of hydrogen-bond acceptors (Lipinski definition) is 3. The molecule has 1 heterocycles. The van der Waals surface area contributed by atoms with E-state index in [9.17, 15) is 4.79 Å². The van der Waals surface area contributed by atoms with Crippen LogP contribution in [0.5, 0.6) is 5.75 Å². The second kappa shape index (κ2) is 5.49. The molecule has 104 valence electrons. The number of methoxy groups -OCH3 is 1. The van der Waals surface area contributed by atoms with Gasteiger partial charge in [-0.05, 0) is 37.1 Å². The van der Waals surface area contributed by atoms with Crippen molar-refractivity contribution >= 4 is 16.8 Å². The van der Waals surface area contributed by atoms with Gasteiger partial charge >= 0.3 is 0 Å². The lowest BCUT2D eigenvalue weighted by atomic mass is 10.2. The highest BCUT2D eigenvalue weighted by molar-refractivity contribution is 5.95. The number of benzene rings is 1. The molecule has 4 heteroatoms. The molecule has 3 rings (SSSR count). The van der Waals surface area contributed by atoms with Crippen molar-refractivity contribution in [3.05, 3.63) is 36.0 Å². The fourth-order valence-electron chi connectivity index (χ4n) is 2.69. The van der Waals surface area contributed by atoms with Crippen LogP contribution in [-0.4, -0.2) is 24.0 Å². The summed E-state index contributed by atoms with van der Waals surface area (Å²) < 4.78 is 5.18. The zero-order chi connectivity index (χ0) is 13.9. The van der Waals surface area contributed by atoms with Crippen LogP contribution < -0.4 is 10.1 Å². The SMILES string of the molecule is COc1ccc2nc(C(=O)NC3CCCC3)ccc2c1. The van der Waals surface area contributed by atoms with Gasteiger partial charge in [0.1, 0.15) is 11.4 Å². The smallest absolute Gasteiger partial charge is 0.270 e. The Labute approximate surface area is 118 Å². The van der Waals surface area contributed by atoms with Gasteiger partial charge in [-0.25, -0.2) is 4.98 Å². The van der Waals surface area contributed by atoms with Crippen LogP contribution in [0.3, 0.4) is 0 Å². The Kier molecular flexibility index (Phi) is 3.54. The van der Waals surface area contributed by atoms with E-state index in [-0.39, 0.29) is 5.91 Å². The summed E-state index contributed by atoms with van der Waals surface area (Å²) in [6.07, 6.45) is 4.57. The normalized spacial score (nSPS) is 15.4. The van der Waals surface area contributed by atoms with Crippen molar-refractivity contribution in [2.45, 2.75) is 31.7 Å². The average molecular weight is 270 g/mol. The number of pyridine rings is 1. The first-order chi connectivity index (χ1) is 9.76. The molecule has 1 aliphatic rings. The Morgan fingerprint density at radius 1 is 1.25 bits per heavy atom. The second-order valence-electron chi connectivity index (χ2n) is 5.21. The first kappa shape index (κ1) is 12.9. The van der Waals surface area contributed by atoms with Gasteiger partial charge in [-0.1, -0.05) is 18.9 Å². The van der Waals surface area contributed by atoms with Gasteiger partial charge in [-0.3, -0.25) is 4.79 Å². The highest BCUT2D eigenvalue weighted by atomic mass is 16.5. The molecule has 0 unspecified atom stereocenters. The number of nitrogens with zero attached hydrogens (tertiary/aromatic N) is 1. The molecule has 2 aromatic rings. The molecule has 0 spiro atoms. The van der Waals surface area contributed by atoms with E-state index in [1.54, 1.807) is 13.2 Å². The highest BCUT2D eigenvalue weighted by Crippen LogP contribution is 2.20. The molecule has 1 amide bonds. The summed E-state index contributed by atoms with van der Waals surface area (Å²) in [6.45, 7) is 0. The summed E-state index contributed by atoms with van der Waals surface area (Å²) >= 11 is 0. The summed E-state index contributed by atoms with van der Waals surface area (Å²) in [7, 11) is 1.64. The predicted octanol–water partition coefficient (Wildman–Crippen LogP) is 2.92. The van der Waals surface area contributed by atoms with E-state index >= 15 is 0 Å². The van der Waals surface area contributed by atoms with Crippen LogP contribution in [-0.2, 0) is 0 Å². The summed E-state index contributed by atoms with van der Waals surface area (Å²) in [6, 6.07) is 9.64. The summed E-state index contributed by atoms with van der Waals surface area (Å²) in [5.74, 6) is 0.720. The molecule has 1 N–H and O–H groups in total. The van der Waals surface area contributed by atoms with Crippen LogP contribution in [0.15, 0.2) is 30.3 Å². The molecule has 0 atom stereocenters. The number of ether oxygens (including phenoxy) is 1. The van der Waals surface area contributed by atoms with Crippen LogP contribution in [0.2, 0.25) is 0 Å². The van der Waals surface area contributed by atoms with Crippen LogP contribution in [0.4, 0.5) is 0 Å². The molecule has 0 bridgehead atoms. The van der Waals surface area contributed by atoms with E-state index in [2.05, 4.69) is 10.3 Å². The maximum atomic E-state index is 12.2. The molecule has 1 saturated carbocycles. The van der Waals surface area contributed by atoms with Crippen molar-refractivity contribution in [3.63, 3.8) is 0 Å². The molecule has 0 aliphatic heterocycles. The number of amides is 1. The minimum atomic E-state index is -0.0744. The number of aromatic nitrogens is 1. The lowest BCUT2D eigenvalue weighted by Crippen LogP contribution is -2.33. The van der Waals surface area contributed by atoms with Gasteiger partial charge in [0.25, 0.3) is 5.91 Å². The minimum Gasteiger partial charge on any atom is -0.497 e. The van der Waals surface area contributed by atoms with E-state index < -0.39 is 0 Å². The van der Waals surface area contributed by atoms with Crippen LogP contribution in [0.1, 0.15) is 36.2 Å². The molecule has 0 saturated heterocycles. The largest absolute Gasteiger partial charge is 0.497 e. The van der Waals surface area contributed by atoms with Crippen molar-refractivity contribution in [1.82, 2.24) is 10.3 Å². The number of rotatable bonds is 3. The van der Waals surface area contributed by atoms with Gasteiger partial charge < -0.3 is 10.1 Å². The Morgan fingerprint density at radius 2 is 2.05 bits per heavy atom. The van der Waals surface area contributed by atoms with E-state index in [1.807, 2.05) is 24.3 Å². The van der Waals surface area contributed by atoms with Crippen molar-refractivity contribution in [3.8, 4) is 5.75 Å². The van der Waals surface area contributed by atoms with E-state index in [1.165, 1.54) is 12.8 Å². The topological polar surface area (TPSA) is 51.2 Å².